The van der Waals surface area contributed by atoms with Gasteiger partial charge in [0.1, 0.15) is 0 Å². The minimum absolute atomic E-state index is 0.386. The zero-order valence-electron chi connectivity index (χ0n) is 10.2. The molecule has 2 aromatic rings. The van der Waals surface area contributed by atoms with Crippen LogP contribution in [0.3, 0.4) is 0 Å². The van der Waals surface area contributed by atoms with E-state index in [0.717, 1.165) is 17.7 Å². The monoisotopic (exact) mass is 274 g/mol. The number of benzene rings is 2. The molecule has 0 aliphatic carbocycles. The maximum absolute atomic E-state index is 12.2. The summed E-state index contributed by atoms with van der Waals surface area (Å²) in [4.78, 5) is 11.0. The molecule has 0 amide bonds. The summed E-state index contributed by atoms with van der Waals surface area (Å²) in [5.41, 5.74) is 0.971. The molecule has 0 spiro atoms. The number of halogens is 3. The van der Waals surface area contributed by atoms with Gasteiger partial charge in [-0.3, -0.25) is 4.79 Å². The van der Waals surface area contributed by atoms with Gasteiger partial charge >= 0.3 is 6.18 Å². The molecule has 20 heavy (non-hydrogen) atoms. The van der Waals surface area contributed by atoms with Gasteiger partial charge in [-0.15, -0.1) is 0 Å². The van der Waals surface area contributed by atoms with Gasteiger partial charge in [-0.05, 0) is 36.4 Å². The van der Waals surface area contributed by atoms with E-state index in [1.807, 2.05) is 30.3 Å². The standard InChI is InChI=1S/C16H9F3O/c17-16(18,19)15(20)14-10-8-13(9-11-14)7-6-12-4-2-1-3-5-12/h1-5,8-11H. The van der Waals surface area contributed by atoms with E-state index in [2.05, 4.69) is 11.8 Å². The Hall–Kier alpha value is -2.54. The second-order valence-corrected chi connectivity index (χ2v) is 4.02. The molecule has 0 radical (unpaired) electrons. The van der Waals surface area contributed by atoms with Crippen LogP contribution in [0.2, 0.25) is 0 Å². The van der Waals surface area contributed by atoms with Crippen LogP contribution in [0.4, 0.5) is 13.2 Å². The van der Waals surface area contributed by atoms with Crippen molar-refractivity contribution < 1.29 is 18.0 Å². The lowest BCUT2D eigenvalue weighted by molar-refractivity contribution is -0.0885. The highest BCUT2D eigenvalue weighted by Crippen LogP contribution is 2.21. The van der Waals surface area contributed by atoms with Crippen LogP contribution in [0, 0.1) is 11.8 Å². The Labute approximate surface area is 114 Å². The lowest BCUT2D eigenvalue weighted by atomic mass is 10.1. The molecule has 0 heterocycles. The summed E-state index contributed by atoms with van der Waals surface area (Å²) in [6.07, 6.45) is -4.85. The van der Waals surface area contributed by atoms with E-state index in [0.29, 0.717) is 5.56 Å². The van der Waals surface area contributed by atoms with E-state index in [1.165, 1.54) is 12.1 Å². The molecule has 2 aromatic carbocycles. The first-order chi connectivity index (χ1) is 9.47. The van der Waals surface area contributed by atoms with Gasteiger partial charge in [0, 0.05) is 16.7 Å². The second kappa shape index (κ2) is 5.62. The van der Waals surface area contributed by atoms with Gasteiger partial charge in [0.05, 0.1) is 0 Å². The average Bonchev–Trinajstić information content (AvgIpc) is 2.45. The molecule has 1 nitrogen and oxygen atoms in total. The van der Waals surface area contributed by atoms with Gasteiger partial charge in [0.2, 0.25) is 0 Å². The smallest absolute Gasteiger partial charge is 0.284 e. The number of hydrogen-bond acceptors (Lipinski definition) is 1. The fourth-order valence-corrected chi connectivity index (χ4v) is 1.53. The molecule has 2 rings (SSSR count). The van der Waals surface area contributed by atoms with Crippen molar-refractivity contribution in [3.8, 4) is 11.8 Å². The summed E-state index contributed by atoms with van der Waals surface area (Å²) in [5.74, 6) is 3.86. The topological polar surface area (TPSA) is 17.1 Å². The summed E-state index contributed by atoms with van der Waals surface area (Å²) in [7, 11) is 0. The number of hydrogen-bond donors (Lipinski definition) is 0. The van der Waals surface area contributed by atoms with Gasteiger partial charge in [0.25, 0.3) is 5.78 Å². The zero-order chi connectivity index (χ0) is 14.6. The number of rotatable bonds is 1. The minimum atomic E-state index is -4.85. The van der Waals surface area contributed by atoms with Crippen LogP contribution in [0.25, 0.3) is 0 Å². The van der Waals surface area contributed by atoms with Gasteiger partial charge in [-0.25, -0.2) is 0 Å². The van der Waals surface area contributed by atoms with Crippen LogP contribution in [0.15, 0.2) is 54.6 Å². The highest BCUT2D eigenvalue weighted by atomic mass is 19.4. The minimum Gasteiger partial charge on any atom is -0.284 e. The molecular weight excluding hydrogens is 265 g/mol. The molecule has 0 aliphatic rings. The third-order valence-corrected chi connectivity index (χ3v) is 2.53. The summed E-state index contributed by atoms with van der Waals surface area (Å²) in [6.45, 7) is 0. The van der Waals surface area contributed by atoms with Gasteiger partial charge < -0.3 is 0 Å². The summed E-state index contributed by atoms with van der Waals surface area (Å²) in [6, 6.07) is 14.3. The quantitative estimate of drug-likeness (QED) is 0.570. The van der Waals surface area contributed by atoms with E-state index in [4.69, 9.17) is 0 Å². The molecule has 0 N–H and O–H groups in total. The van der Waals surface area contributed by atoms with E-state index < -0.39 is 12.0 Å². The van der Waals surface area contributed by atoms with Crippen molar-refractivity contribution in [2.75, 3.05) is 0 Å². The highest BCUT2D eigenvalue weighted by Gasteiger charge is 2.39. The second-order valence-electron chi connectivity index (χ2n) is 4.02. The van der Waals surface area contributed by atoms with E-state index >= 15 is 0 Å². The molecule has 0 bridgehead atoms. The number of alkyl halides is 3. The van der Waals surface area contributed by atoms with Crippen LogP contribution in [0.1, 0.15) is 21.5 Å². The van der Waals surface area contributed by atoms with Crippen molar-refractivity contribution in [3.05, 3.63) is 71.3 Å². The molecule has 0 unspecified atom stereocenters. The van der Waals surface area contributed by atoms with Crippen molar-refractivity contribution in [2.45, 2.75) is 6.18 Å². The Morgan fingerprint density at radius 2 is 1.30 bits per heavy atom. The first kappa shape index (κ1) is 13.9. The van der Waals surface area contributed by atoms with Gasteiger partial charge in [-0.2, -0.15) is 13.2 Å². The summed E-state index contributed by atoms with van der Waals surface area (Å²) >= 11 is 0. The highest BCUT2D eigenvalue weighted by molar-refractivity contribution is 6.00. The Morgan fingerprint density at radius 3 is 1.80 bits per heavy atom. The van der Waals surface area contributed by atoms with Crippen LogP contribution in [-0.4, -0.2) is 12.0 Å². The molecule has 0 saturated carbocycles. The SMILES string of the molecule is O=C(c1ccc(C#Cc2ccccc2)cc1)C(F)(F)F. The fraction of sp³-hybridized carbons (Fsp3) is 0.0625. The van der Waals surface area contributed by atoms with E-state index in [9.17, 15) is 18.0 Å². The number of Topliss-reactive ketones (excluding diaryl/α,β-unsaturated/α-hetero) is 1. The van der Waals surface area contributed by atoms with Crippen molar-refractivity contribution in [3.63, 3.8) is 0 Å². The number of carbonyl (C=O) groups excluding carboxylic acids is 1. The first-order valence-electron chi connectivity index (χ1n) is 5.75. The molecule has 0 saturated heterocycles. The Morgan fingerprint density at radius 1 is 0.800 bits per heavy atom. The molecular formula is C16H9F3O. The fourth-order valence-electron chi connectivity index (χ4n) is 1.53. The lowest BCUT2D eigenvalue weighted by Gasteiger charge is -2.04. The van der Waals surface area contributed by atoms with Crippen molar-refractivity contribution in [1.29, 1.82) is 0 Å². The van der Waals surface area contributed by atoms with Crippen LogP contribution >= 0.6 is 0 Å². The predicted octanol–water partition coefficient (Wildman–Crippen LogP) is 3.83. The molecule has 0 fully saturated rings. The zero-order valence-corrected chi connectivity index (χ0v) is 10.2. The Balaban J connectivity index is 2.18. The average molecular weight is 274 g/mol. The molecule has 100 valence electrons. The van der Waals surface area contributed by atoms with Crippen molar-refractivity contribution in [1.82, 2.24) is 0 Å². The third kappa shape index (κ3) is 3.48. The third-order valence-electron chi connectivity index (χ3n) is 2.53. The van der Waals surface area contributed by atoms with Gasteiger partial charge in [0.15, 0.2) is 0 Å². The predicted molar refractivity (Wildman–Crippen MR) is 69.2 cm³/mol. The normalized spacial score (nSPS) is 10.6. The summed E-state index contributed by atoms with van der Waals surface area (Å²) in [5, 5.41) is 0. The Kier molecular flexibility index (Phi) is 3.90. The molecule has 0 aromatic heterocycles. The maximum Gasteiger partial charge on any atom is 0.454 e. The molecule has 0 atom stereocenters. The first-order valence-corrected chi connectivity index (χ1v) is 5.75. The van der Waals surface area contributed by atoms with Crippen LogP contribution in [-0.2, 0) is 0 Å². The number of ketones is 1. The van der Waals surface area contributed by atoms with E-state index in [-0.39, 0.29) is 5.56 Å². The van der Waals surface area contributed by atoms with Gasteiger partial charge in [-0.1, -0.05) is 30.0 Å². The van der Waals surface area contributed by atoms with E-state index in [1.54, 1.807) is 0 Å². The molecule has 4 heteroatoms. The number of carbonyl (C=O) groups is 1. The Bertz CT molecular complexity index is 659. The van der Waals surface area contributed by atoms with Crippen molar-refractivity contribution >= 4 is 5.78 Å². The summed E-state index contributed by atoms with van der Waals surface area (Å²) < 4.78 is 36.7. The van der Waals surface area contributed by atoms with Crippen LogP contribution < -0.4 is 0 Å². The largest absolute Gasteiger partial charge is 0.454 e. The maximum atomic E-state index is 12.2. The van der Waals surface area contributed by atoms with Crippen LogP contribution in [0.5, 0.6) is 0 Å². The van der Waals surface area contributed by atoms with Crippen molar-refractivity contribution in [2.24, 2.45) is 0 Å². The molecule has 0 aliphatic heterocycles. The lowest BCUT2D eigenvalue weighted by Crippen LogP contribution is -2.22.